The Hall–Kier alpha value is -1.67. The minimum Gasteiger partial charge on any atom is -0.194 e. The molecule has 0 saturated heterocycles. The fourth-order valence-electron chi connectivity index (χ4n) is 1.53. The highest BCUT2D eigenvalue weighted by Gasteiger charge is 2.18. The van der Waals surface area contributed by atoms with E-state index in [0.717, 1.165) is 16.2 Å². The maximum absolute atomic E-state index is 5.77. The van der Waals surface area contributed by atoms with Crippen molar-refractivity contribution in [1.29, 1.82) is 0 Å². The number of para-hydroxylation sites is 1. The van der Waals surface area contributed by atoms with Crippen molar-refractivity contribution in [2.75, 3.05) is 0 Å². The zero-order chi connectivity index (χ0) is 10.1. The standard InChI is InChI=1S/C13H9OS/c1-2-6-10(7-3-1)13-14-11-8-4-5-9-12(11)15-13/h1-9H/q+1. The molecule has 0 bridgehead atoms. The number of hydrogen-bond donors (Lipinski definition) is 0. The van der Waals surface area contributed by atoms with Crippen molar-refractivity contribution < 1.29 is 4.42 Å². The van der Waals surface area contributed by atoms with Crippen molar-refractivity contribution in [3.63, 3.8) is 0 Å². The van der Waals surface area contributed by atoms with E-state index in [1.165, 1.54) is 4.70 Å². The second-order valence-corrected chi connectivity index (χ2v) is 4.32. The monoisotopic (exact) mass is 213 g/mol. The van der Waals surface area contributed by atoms with Gasteiger partial charge in [-0.05, 0) is 29.5 Å². The van der Waals surface area contributed by atoms with E-state index in [2.05, 4.69) is 18.2 Å². The highest BCUT2D eigenvalue weighted by Crippen LogP contribution is 2.32. The van der Waals surface area contributed by atoms with Crippen molar-refractivity contribution in [3.8, 4) is 10.6 Å². The lowest BCUT2D eigenvalue weighted by Gasteiger charge is -1.83. The zero-order valence-electron chi connectivity index (χ0n) is 8.01. The van der Waals surface area contributed by atoms with Gasteiger partial charge in [0.25, 0.3) is 0 Å². The fourth-order valence-corrected chi connectivity index (χ4v) is 2.47. The van der Waals surface area contributed by atoms with Crippen LogP contribution in [0.2, 0.25) is 0 Å². The Kier molecular flexibility index (Phi) is 2.00. The first-order chi connectivity index (χ1) is 7.43. The molecule has 0 radical (unpaired) electrons. The Bertz CT molecular complexity index is 551. The maximum Gasteiger partial charge on any atom is 0.418 e. The van der Waals surface area contributed by atoms with Gasteiger partial charge >= 0.3 is 10.7 Å². The summed E-state index contributed by atoms with van der Waals surface area (Å²) >= 11 is 1.68. The van der Waals surface area contributed by atoms with Crippen LogP contribution in [0.3, 0.4) is 0 Å². The summed E-state index contributed by atoms with van der Waals surface area (Å²) in [7, 11) is 0. The minimum absolute atomic E-state index is 0.960. The summed E-state index contributed by atoms with van der Waals surface area (Å²) in [5, 5.41) is 0.969. The summed E-state index contributed by atoms with van der Waals surface area (Å²) in [6.07, 6.45) is 0. The van der Waals surface area contributed by atoms with Gasteiger partial charge < -0.3 is 0 Å². The average Bonchev–Trinajstić information content (AvgIpc) is 2.74. The molecule has 3 rings (SSSR count). The van der Waals surface area contributed by atoms with Crippen LogP contribution in [0.25, 0.3) is 20.9 Å². The van der Waals surface area contributed by atoms with E-state index < -0.39 is 0 Å². The third-order valence-corrected chi connectivity index (χ3v) is 3.33. The van der Waals surface area contributed by atoms with Gasteiger partial charge in [-0.25, -0.2) is 0 Å². The number of hydrogen-bond acceptors (Lipinski definition) is 1. The SMILES string of the molecule is c1ccc(-c2[o+]c3ccccc3s2)cc1. The molecule has 2 aromatic carbocycles. The molecular formula is C13H9OS+. The molecule has 0 aliphatic carbocycles. The molecule has 1 heterocycles. The minimum atomic E-state index is 0.960. The Morgan fingerprint density at radius 1 is 0.800 bits per heavy atom. The van der Waals surface area contributed by atoms with E-state index in [1.54, 1.807) is 11.3 Å². The molecule has 15 heavy (non-hydrogen) atoms. The van der Waals surface area contributed by atoms with Crippen molar-refractivity contribution in [3.05, 3.63) is 54.6 Å². The Balaban J connectivity index is 2.21. The average molecular weight is 213 g/mol. The largest absolute Gasteiger partial charge is 0.418 e. The summed E-state index contributed by atoms with van der Waals surface area (Å²) in [5.41, 5.74) is 2.10. The number of rotatable bonds is 1. The van der Waals surface area contributed by atoms with Crippen LogP contribution in [-0.4, -0.2) is 0 Å². The molecule has 2 heteroatoms. The van der Waals surface area contributed by atoms with Crippen LogP contribution in [0.1, 0.15) is 0 Å². The molecule has 0 N–H and O–H groups in total. The normalized spacial score (nSPS) is 10.7. The van der Waals surface area contributed by atoms with Gasteiger partial charge in [-0.15, -0.1) is 0 Å². The third-order valence-electron chi connectivity index (χ3n) is 2.26. The summed E-state index contributed by atoms with van der Waals surface area (Å²) in [5.74, 6) is 0. The quantitative estimate of drug-likeness (QED) is 0.544. The zero-order valence-corrected chi connectivity index (χ0v) is 8.83. The summed E-state index contributed by atoms with van der Waals surface area (Å²) in [6.45, 7) is 0. The lowest BCUT2D eigenvalue weighted by Crippen LogP contribution is -1.67. The van der Waals surface area contributed by atoms with E-state index in [4.69, 9.17) is 4.42 Å². The van der Waals surface area contributed by atoms with E-state index in [-0.39, 0.29) is 0 Å². The molecule has 0 fully saturated rings. The molecule has 0 atom stereocenters. The van der Waals surface area contributed by atoms with Gasteiger partial charge in [0.05, 0.1) is 5.56 Å². The highest BCUT2D eigenvalue weighted by atomic mass is 32.1. The van der Waals surface area contributed by atoms with Crippen LogP contribution in [0.15, 0.2) is 59.0 Å². The predicted molar refractivity (Wildman–Crippen MR) is 63.9 cm³/mol. The molecule has 0 amide bonds. The van der Waals surface area contributed by atoms with Crippen LogP contribution < -0.4 is 0 Å². The second-order valence-electron chi connectivity index (χ2n) is 3.30. The van der Waals surface area contributed by atoms with Crippen LogP contribution >= 0.6 is 11.3 Å². The van der Waals surface area contributed by atoms with Crippen molar-refractivity contribution in [1.82, 2.24) is 0 Å². The molecular weight excluding hydrogens is 204 g/mol. The molecule has 0 spiro atoms. The number of benzene rings is 2. The van der Waals surface area contributed by atoms with E-state index in [9.17, 15) is 0 Å². The Labute approximate surface area is 91.6 Å². The molecule has 1 nitrogen and oxygen atoms in total. The second kappa shape index (κ2) is 3.48. The first kappa shape index (κ1) is 8.62. The van der Waals surface area contributed by atoms with Crippen LogP contribution in [0.5, 0.6) is 0 Å². The van der Waals surface area contributed by atoms with Gasteiger partial charge in [-0.3, -0.25) is 0 Å². The van der Waals surface area contributed by atoms with E-state index in [0.29, 0.717) is 0 Å². The van der Waals surface area contributed by atoms with Gasteiger partial charge in [0.15, 0.2) is 0 Å². The summed E-state index contributed by atoms with van der Waals surface area (Å²) in [6, 6.07) is 18.3. The van der Waals surface area contributed by atoms with Crippen molar-refractivity contribution in [2.45, 2.75) is 0 Å². The van der Waals surface area contributed by atoms with Gasteiger partial charge in [0.1, 0.15) is 4.70 Å². The lowest BCUT2D eigenvalue weighted by atomic mass is 10.2. The summed E-state index contributed by atoms with van der Waals surface area (Å²) in [4.78, 5) is 0. The first-order valence-corrected chi connectivity index (χ1v) is 5.62. The maximum atomic E-state index is 5.77. The van der Waals surface area contributed by atoms with Crippen LogP contribution in [0, 0.1) is 0 Å². The molecule has 72 valence electrons. The van der Waals surface area contributed by atoms with Gasteiger partial charge in [0, 0.05) is 6.07 Å². The fraction of sp³-hybridized carbons (Fsp3) is 0. The van der Waals surface area contributed by atoms with E-state index in [1.807, 2.05) is 36.4 Å². The molecule has 0 saturated carbocycles. The Morgan fingerprint density at radius 3 is 2.33 bits per heavy atom. The van der Waals surface area contributed by atoms with Crippen LogP contribution in [-0.2, 0) is 0 Å². The van der Waals surface area contributed by atoms with Crippen molar-refractivity contribution >= 4 is 21.6 Å². The summed E-state index contributed by atoms with van der Waals surface area (Å²) < 4.78 is 6.96. The highest BCUT2D eigenvalue weighted by molar-refractivity contribution is 7.21. The van der Waals surface area contributed by atoms with E-state index >= 15 is 0 Å². The van der Waals surface area contributed by atoms with Gasteiger partial charge in [-0.1, -0.05) is 30.3 Å². The molecule has 0 aliphatic heterocycles. The topological polar surface area (TPSA) is 11.3 Å². The van der Waals surface area contributed by atoms with Crippen molar-refractivity contribution in [2.24, 2.45) is 0 Å². The first-order valence-electron chi connectivity index (χ1n) is 4.80. The molecule has 3 aromatic rings. The van der Waals surface area contributed by atoms with Gasteiger partial charge in [0.2, 0.25) is 0 Å². The predicted octanol–water partition coefficient (Wildman–Crippen LogP) is 4.44. The molecule has 0 unspecified atom stereocenters. The van der Waals surface area contributed by atoms with Gasteiger partial charge in [-0.2, -0.15) is 4.42 Å². The lowest BCUT2D eigenvalue weighted by molar-refractivity contribution is 0.639. The molecule has 0 aliphatic rings. The van der Waals surface area contributed by atoms with Crippen LogP contribution in [0.4, 0.5) is 0 Å². The number of fused-ring (bicyclic) bond motifs is 1. The third kappa shape index (κ3) is 1.53. The molecule has 1 aromatic heterocycles. The smallest absolute Gasteiger partial charge is 0.194 e. The Morgan fingerprint density at radius 2 is 1.53 bits per heavy atom.